The molecule has 2 rings (SSSR count). The largest absolute Gasteiger partial charge is 0.481 e. The van der Waals surface area contributed by atoms with Crippen LogP contribution in [0.15, 0.2) is 29.0 Å². The van der Waals surface area contributed by atoms with Gasteiger partial charge in [0.25, 0.3) is 0 Å². The number of rotatable bonds is 6. The molecule has 7 heteroatoms. The molecule has 2 aromatic rings. The van der Waals surface area contributed by atoms with E-state index >= 15 is 0 Å². The van der Waals surface area contributed by atoms with Gasteiger partial charge in [0, 0.05) is 18.3 Å². The molecule has 0 saturated heterocycles. The van der Waals surface area contributed by atoms with Gasteiger partial charge in [-0.25, -0.2) is 4.98 Å². The third-order valence-electron chi connectivity index (χ3n) is 3.22. The van der Waals surface area contributed by atoms with Gasteiger partial charge in [-0.15, -0.1) is 0 Å². The van der Waals surface area contributed by atoms with Gasteiger partial charge >= 0.3 is 0 Å². The summed E-state index contributed by atoms with van der Waals surface area (Å²) in [7, 11) is 5.65. The summed E-state index contributed by atoms with van der Waals surface area (Å²) in [6.45, 7) is 1.65. The van der Waals surface area contributed by atoms with Gasteiger partial charge in [0.05, 0.1) is 36.1 Å². The van der Waals surface area contributed by atoms with Gasteiger partial charge in [0.1, 0.15) is 0 Å². The Morgan fingerprint density at radius 2 is 2.24 bits per heavy atom. The second-order valence-corrected chi connectivity index (χ2v) is 5.84. The molecule has 1 atom stereocenters. The summed E-state index contributed by atoms with van der Waals surface area (Å²) in [5.74, 6) is 0.539. The molecular formula is C14H20BrN5O. The van der Waals surface area contributed by atoms with E-state index in [4.69, 9.17) is 10.5 Å². The fourth-order valence-corrected chi connectivity index (χ4v) is 2.65. The molecule has 2 aromatic heterocycles. The number of nitrogens with two attached hydrogens (primary N) is 1. The average Bonchev–Trinajstić information content (AvgIpc) is 2.85. The lowest BCUT2D eigenvalue weighted by atomic mass is 10.1. The molecule has 2 heterocycles. The lowest BCUT2D eigenvalue weighted by Gasteiger charge is -2.18. The van der Waals surface area contributed by atoms with Crippen LogP contribution in [0.25, 0.3) is 0 Å². The van der Waals surface area contributed by atoms with Crippen molar-refractivity contribution in [2.45, 2.75) is 12.6 Å². The fourth-order valence-electron chi connectivity index (χ4n) is 2.11. The minimum absolute atomic E-state index is 0.354. The highest BCUT2D eigenvalue weighted by Gasteiger charge is 2.21. The molecule has 0 saturated carbocycles. The normalized spacial score (nSPS) is 12.7. The quantitative estimate of drug-likeness (QED) is 0.855. The van der Waals surface area contributed by atoms with Crippen molar-refractivity contribution >= 4 is 15.9 Å². The van der Waals surface area contributed by atoms with E-state index in [2.05, 4.69) is 30.9 Å². The first-order chi connectivity index (χ1) is 10.0. The van der Waals surface area contributed by atoms with E-state index in [1.54, 1.807) is 19.5 Å². The average molecular weight is 354 g/mol. The van der Waals surface area contributed by atoms with Crippen molar-refractivity contribution in [3.8, 4) is 5.88 Å². The van der Waals surface area contributed by atoms with E-state index in [1.165, 1.54) is 0 Å². The first-order valence-corrected chi connectivity index (χ1v) is 7.44. The Morgan fingerprint density at radius 1 is 1.48 bits per heavy atom. The van der Waals surface area contributed by atoms with E-state index in [-0.39, 0.29) is 6.04 Å². The Bertz CT molecular complexity index is 599. The molecule has 2 N–H and O–H groups in total. The van der Waals surface area contributed by atoms with Gasteiger partial charge in [-0.2, -0.15) is 5.10 Å². The Kier molecular flexibility index (Phi) is 5.33. The summed E-state index contributed by atoms with van der Waals surface area (Å²) in [4.78, 5) is 6.31. The first-order valence-electron chi connectivity index (χ1n) is 6.65. The van der Waals surface area contributed by atoms with Gasteiger partial charge < -0.3 is 15.4 Å². The van der Waals surface area contributed by atoms with Crippen molar-refractivity contribution in [1.82, 2.24) is 19.7 Å². The molecule has 1 unspecified atom stereocenters. The molecule has 0 radical (unpaired) electrons. The summed E-state index contributed by atoms with van der Waals surface area (Å²) < 4.78 is 8.10. The van der Waals surface area contributed by atoms with Gasteiger partial charge in [-0.1, -0.05) is 6.07 Å². The predicted octanol–water partition coefficient (Wildman–Crippen LogP) is 1.66. The molecule has 0 spiro atoms. The van der Waals surface area contributed by atoms with E-state index in [0.29, 0.717) is 5.88 Å². The Balaban J connectivity index is 2.34. The van der Waals surface area contributed by atoms with Gasteiger partial charge in [0.15, 0.2) is 0 Å². The maximum atomic E-state index is 6.42. The van der Waals surface area contributed by atoms with Gasteiger partial charge in [0.2, 0.25) is 5.88 Å². The Labute approximate surface area is 133 Å². The maximum Gasteiger partial charge on any atom is 0.218 e. The minimum atomic E-state index is -0.354. The number of nitrogens with zero attached hydrogens (tertiary/aromatic N) is 4. The molecule has 0 aromatic carbocycles. The van der Waals surface area contributed by atoms with Crippen LogP contribution < -0.4 is 10.5 Å². The molecule has 0 amide bonds. The third-order valence-corrected chi connectivity index (χ3v) is 3.83. The highest BCUT2D eigenvalue weighted by molar-refractivity contribution is 9.10. The molecule has 0 aliphatic heterocycles. The molecular weight excluding hydrogens is 334 g/mol. The molecule has 21 heavy (non-hydrogen) atoms. The number of methoxy groups -OCH3 is 1. The van der Waals surface area contributed by atoms with Crippen LogP contribution in [0.5, 0.6) is 5.88 Å². The molecule has 6 nitrogen and oxygen atoms in total. The van der Waals surface area contributed by atoms with Crippen LogP contribution in [0, 0.1) is 0 Å². The molecule has 114 valence electrons. The SMILES string of the molecule is COc1ncccc1C(N)c1c(Br)cnn1CCN(C)C. The number of pyridine rings is 1. The zero-order chi connectivity index (χ0) is 15.4. The number of hydrogen-bond acceptors (Lipinski definition) is 5. The summed E-state index contributed by atoms with van der Waals surface area (Å²) in [6.07, 6.45) is 3.46. The number of ether oxygens (including phenoxy) is 1. The van der Waals surface area contributed by atoms with Crippen LogP contribution in [-0.4, -0.2) is 47.4 Å². The monoisotopic (exact) mass is 353 g/mol. The van der Waals surface area contributed by atoms with Crippen LogP contribution in [0.2, 0.25) is 0 Å². The first kappa shape index (κ1) is 15.9. The summed E-state index contributed by atoms with van der Waals surface area (Å²) in [5.41, 5.74) is 8.18. The molecule has 0 bridgehead atoms. The van der Waals surface area contributed by atoms with Crippen molar-refractivity contribution in [3.63, 3.8) is 0 Å². The molecule has 0 aliphatic carbocycles. The Hall–Kier alpha value is -1.44. The maximum absolute atomic E-state index is 6.42. The summed E-state index contributed by atoms with van der Waals surface area (Å²) in [6, 6.07) is 3.42. The molecule has 0 aliphatic rings. The smallest absolute Gasteiger partial charge is 0.218 e. The van der Waals surface area contributed by atoms with Crippen molar-refractivity contribution < 1.29 is 4.74 Å². The van der Waals surface area contributed by atoms with Gasteiger partial charge in [-0.3, -0.25) is 4.68 Å². The van der Waals surface area contributed by atoms with Gasteiger partial charge in [-0.05, 0) is 36.1 Å². The predicted molar refractivity (Wildman–Crippen MR) is 85.3 cm³/mol. The summed E-state index contributed by atoms with van der Waals surface area (Å²) in [5, 5.41) is 4.39. The van der Waals surface area contributed by atoms with Crippen LogP contribution >= 0.6 is 15.9 Å². The van der Waals surface area contributed by atoms with Crippen LogP contribution in [0.3, 0.4) is 0 Å². The highest BCUT2D eigenvalue weighted by Crippen LogP contribution is 2.30. The summed E-state index contributed by atoms with van der Waals surface area (Å²) >= 11 is 3.53. The minimum Gasteiger partial charge on any atom is -0.481 e. The van der Waals surface area contributed by atoms with Crippen LogP contribution in [0.1, 0.15) is 17.3 Å². The van der Waals surface area contributed by atoms with Crippen molar-refractivity contribution in [2.24, 2.45) is 5.73 Å². The van der Waals surface area contributed by atoms with Crippen LogP contribution in [0.4, 0.5) is 0 Å². The number of hydrogen-bond donors (Lipinski definition) is 1. The lowest BCUT2D eigenvalue weighted by Crippen LogP contribution is -2.24. The zero-order valence-corrected chi connectivity index (χ0v) is 14.0. The second kappa shape index (κ2) is 7.02. The number of likely N-dealkylation sites (N-methyl/N-ethyl adjacent to an activating group) is 1. The van der Waals surface area contributed by atoms with E-state index < -0.39 is 0 Å². The Morgan fingerprint density at radius 3 is 2.90 bits per heavy atom. The highest BCUT2D eigenvalue weighted by atomic mass is 79.9. The third kappa shape index (κ3) is 3.61. The van der Waals surface area contributed by atoms with Crippen molar-refractivity contribution in [3.05, 3.63) is 40.3 Å². The zero-order valence-electron chi connectivity index (χ0n) is 12.5. The lowest BCUT2D eigenvalue weighted by molar-refractivity contribution is 0.366. The van der Waals surface area contributed by atoms with Crippen LogP contribution in [-0.2, 0) is 6.54 Å². The van der Waals surface area contributed by atoms with Crippen molar-refractivity contribution in [2.75, 3.05) is 27.7 Å². The standard InChI is InChI=1S/C14H20BrN5O/c1-19(2)7-8-20-13(11(15)9-18-20)12(16)10-5-4-6-17-14(10)21-3/h4-6,9,12H,7-8,16H2,1-3H3. The van der Waals surface area contributed by atoms with E-state index in [1.807, 2.05) is 30.9 Å². The number of halogens is 1. The van der Waals surface area contributed by atoms with Crippen molar-refractivity contribution in [1.29, 1.82) is 0 Å². The number of aromatic nitrogens is 3. The second-order valence-electron chi connectivity index (χ2n) is 4.98. The van der Waals surface area contributed by atoms with E-state index in [9.17, 15) is 0 Å². The topological polar surface area (TPSA) is 69.2 Å². The fraction of sp³-hybridized carbons (Fsp3) is 0.429. The van der Waals surface area contributed by atoms with E-state index in [0.717, 1.165) is 28.8 Å². The molecule has 0 fully saturated rings.